The van der Waals surface area contributed by atoms with Crippen LogP contribution in [0.2, 0.25) is 0 Å². The topological polar surface area (TPSA) is 92.1 Å². The molecule has 114 valence electrons. The van der Waals surface area contributed by atoms with Crippen LogP contribution in [-0.4, -0.2) is 36.0 Å². The Labute approximate surface area is 120 Å². The summed E-state index contributed by atoms with van der Waals surface area (Å²) in [4.78, 5) is 0. The first-order chi connectivity index (χ1) is 9.46. The number of nitrogens with one attached hydrogen (secondary N) is 1. The molecule has 1 atom stereocenters. The first kappa shape index (κ1) is 15.5. The van der Waals surface area contributed by atoms with Gasteiger partial charge in [-0.25, -0.2) is 8.42 Å². The lowest BCUT2D eigenvalue weighted by Crippen LogP contribution is -2.33. The third-order valence-corrected chi connectivity index (χ3v) is 6.08. The molecule has 1 aliphatic rings. The van der Waals surface area contributed by atoms with Gasteiger partial charge in [-0.3, -0.25) is 5.10 Å². The van der Waals surface area contributed by atoms with Crippen molar-refractivity contribution in [3.8, 4) is 0 Å². The first-order valence-electron chi connectivity index (χ1n) is 7.19. The Hall–Kier alpha value is -0.920. The van der Waals surface area contributed by atoms with Gasteiger partial charge in [0.1, 0.15) is 0 Å². The van der Waals surface area contributed by atoms with Gasteiger partial charge in [0.25, 0.3) is 10.0 Å². The van der Waals surface area contributed by atoms with Crippen LogP contribution >= 0.6 is 0 Å². The number of rotatable bonds is 4. The van der Waals surface area contributed by atoms with E-state index < -0.39 is 10.0 Å². The summed E-state index contributed by atoms with van der Waals surface area (Å²) in [5.41, 5.74) is 6.12. The summed E-state index contributed by atoms with van der Waals surface area (Å²) in [6, 6.07) is 0. The maximum Gasteiger partial charge on any atom is 0.260 e. The third kappa shape index (κ3) is 3.05. The minimum Gasteiger partial charge on any atom is -0.326 e. The number of aromatic amines is 1. The second-order valence-corrected chi connectivity index (χ2v) is 7.64. The van der Waals surface area contributed by atoms with Crippen LogP contribution in [0.1, 0.15) is 38.7 Å². The van der Waals surface area contributed by atoms with E-state index >= 15 is 0 Å². The molecule has 1 unspecified atom stereocenters. The minimum absolute atomic E-state index is 0.156. The summed E-state index contributed by atoms with van der Waals surface area (Å²) in [6.07, 6.45) is 4.41. The lowest BCUT2D eigenvalue weighted by Gasteiger charge is -2.21. The molecule has 6 nitrogen and oxygen atoms in total. The van der Waals surface area contributed by atoms with E-state index in [0.717, 1.165) is 19.3 Å². The number of nitrogens with two attached hydrogens (primary N) is 1. The first-order valence-corrected chi connectivity index (χ1v) is 8.63. The van der Waals surface area contributed by atoms with Gasteiger partial charge in [-0.2, -0.15) is 9.40 Å². The van der Waals surface area contributed by atoms with Crippen molar-refractivity contribution in [1.29, 1.82) is 0 Å². The van der Waals surface area contributed by atoms with Crippen molar-refractivity contribution < 1.29 is 8.42 Å². The molecule has 0 spiro atoms. The summed E-state index contributed by atoms with van der Waals surface area (Å²) in [6.45, 7) is 5.74. The fourth-order valence-electron chi connectivity index (χ4n) is 2.80. The maximum atomic E-state index is 12.7. The van der Waals surface area contributed by atoms with Gasteiger partial charge in [0, 0.05) is 25.2 Å². The van der Waals surface area contributed by atoms with Crippen LogP contribution in [0.4, 0.5) is 0 Å². The van der Waals surface area contributed by atoms with Gasteiger partial charge >= 0.3 is 0 Å². The quantitative estimate of drug-likeness (QED) is 0.877. The van der Waals surface area contributed by atoms with Gasteiger partial charge in [0.05, 0.1) is 6.20 Å². The fourth-order valence-corrected chi connectivity index (χ4v) is 4.41. The van der Waals surface area contributed by atoms with Crippen LogP contribution in [0.3, 0.4) is 0 Å². The smallest absolute Gasteiger partial charge is 0.260 e. The minimum atomic E-state index is -3.50. The molecule has 0 amide bonds. The standard InChI is InChI=1S/C13H24N4O2S/c1-10(2)11-4-3-6-17(7-5-11)20(18,19)13-12(8-14)9-15-16-13/h9-11H,3-8,14H2,1-2H3,(H,15,16). The lowest BCUT2D eigenvalue weighted by molar-refractivity contribution is 0.340. The number of hydrogen-bond acceptors (Lipinski definition) is 4. The highest BCUT2D eigenvalue weighted by Gasteiger charge is 2.31. The van der Waals surface area contributed by atoms with Crippen molar-refractivity contribution in [2.75, 3.05) is 13.1 Å². The SMILES string of the molecule is CC(C)C1CCCN(S(=O)(=O)c2[nH]ncc2CN)CC1. The molecule has 0 aliphatic carbocycles. The van der Waals surface area contributed by atoms with E-state index in [1.165, 1.54) is 6.20 Å². The lowest BCUT2D eigenvalue weighted by atomic mass is 9.89. The number of aromatic nitrogens is 2. The summed E-state index contributed by atoms with van der Waals surface area (Å²) in [5, 5.41) is 6.55. The van der Waals surface area contributed by atoms with E-state index in [2.05, 4.69) is 24.0 Å². The molecule has 2 rings (SSSR count). The predicted molar refractivity (Wildman–Crippen MR) is 77.4 cm³/mol. The average molecular weight is 300 g/mol. The number of nitrogens with zero attached hydrogens (tertiary/aromatic N) is 2. The van der Waals surface area contributed by atoms with Crippen LogP contribution in [0.5, 0.6) is 0 Å². The van der Waals surface area contributed by atoms with Crippen molar-refractivity contribution in [3.05, 3.63) is 11.8 Å². The molecule has 1 fully saturated rings. The van der Waals surface area contributed by atoms with Gasteiger partial charge in [0.2, 0.25) is 0 Å². The molecule has 1 aromatic rings. The Morgan fingerprint density at radius 3 is 2.85 bits per heavy atom. The normalized spacial score (nSPS) is 22.1. The zero-order valence-corrected chi connectivity index (χ0v) is 13.0. The molecule has 1 saturated heterocycles. The molecule has 3 N–H and O–H groups in total. The van der Waals surface area contributed by atoms with Gasteiger partial charge in [-0.1, -0.05) is 13.8 Å². The summed E-state index contributed by atoms with van der Waals surface area (Å²) in [7, 11) is -3.50. The van der Waals surface area contributed by atoms with Crippen LogP contribution in [0.25, 0.3) is 0 Å². The molecule has 7 heteroatoms. The van der Waals surface area contributed by atoms with Crippen LogP contribution in [0, 0.1) is 11.8 Å². The molecule has 20 heavy (non-hydrogen) atoms. The van der Waals surface area contributed by atoms with Crippen LogP contribution < -0.4 is 5.73 Å². The van der Waals surface area contributed by atoms with Crippen LogP contribution in [0.15, 0.2) is 11.2 Å². The molecule has 2 heterocycles. The molecule has 1 aliphatic heterocycles. The van der Waals surface area contributed by atoms with E-state index in [0.29, 0.717) is 30.5 Å². The van der Waals surface area contributed by atoms with E-state index in [1.54, 1.807) is 4.31 Å². The van der Waals surface area contributed by atoms with Crippen molar-refractivity contribution in [3.63, 3.8) is 0 Å². The summed E-state index contributed by atoms with van der Waals surface area (Å²) < 4.78 is 26.9. The number of H-pyrrole nitrogens is 1. The molecule has 0 saturated carbocycles. The molecule has 0 bridgehead atoms. The van der Waals surface area contributed by atoms with Gasteiger partial charge in [0.15, 0.2) is 5.03 Å². The van der Waals surface area contributed by atoms with Crippen LogP contribution in [-0.2, 0) is 16.6 Å². The van der Waals surface area contributed by atoms with E-state index in [-0.39, 0.29) is 11.6 Å². The van der Waals surface area contributed by atoms with Gasteiger partial charge in [-0.05, 0) is 31.1 Å². The van der Waals surface area contributed by atoms with Gasteiger partial charge < -0.3 is 5.73 Å². The van der Waals surface area contributed by atoms with Crippen molar-refractivity contribution in [2.24, 2.45) is 17.6 Å². The average Bonchev–Trinajstić information content (AvgIpc) is 2.74. The Balaban J connectivity index is 2.18. The van der Waals surface area contributed by atoms with E-state index in [9.17, 15) is 8.42 Å². The molecule has 0 aromatic carbocycles. The molecular weight excluding hydrogens is 276 g/mol. The summed E-state index contributed by atoms with van der Waals surface area (Å²) >= 11 is 0. The Bertz CT molecular complexity index is 538. The van der Waals surface area contributed by atoms with E-state index in [4.69, 9.17) is 5.73 Å². The highest BCUT2D eigenvalue weighted by molar-refractivity contribution is 7.89. The second-order valence-electron chi connectivity index (χ2n) is 5.77. The van der Waals surface area contributed by atoms with Gasteiger partial charge in [-0.15, -0.1) is 0 Å². The highest BCUT2D eigenvalue weighted by Crippen LogP contribution is 2.27. The predicted octanol–water partition coefficient (Wildman–Crippen LogP) is 1.32. The monoisotopic (exact) mass is 300 g/mol. The Morgan fingerprint density at radius 1 is 1.45 bits per heavy atom. The third-order valence-electron chi connectivity index (χ3n) is 4.17. The second kappa shape index (κ2) is 6.24. The van der Waals surface area contributed by atoms with Crippen molar-refractivity contribution in [1.82, 2.24) is 14.5 Å². The zero-order valence-electron chi connectivity index (χ0n) is 12.2. The molecular formula is C13H24N4O2S. The van der Waals surface area contributed by atoms with Crippen molar-refractivity contribution >= 4 is 10.0 Å². The Morgan fingerprint density at radius 2 is 2.20 bits per heavy atom. The Kier molecular flexibility index (Phi) is 4.82. The fraction of sp³-hybridized carbons (Fsp3) is 0.769. The number of sulfonamides is 1. The number of hydrogen-bond donors (Lipinski definition) is 2. The zero-order chi connectivity index (χ0) is 14.8. The van der Waals surface area contributed by atoms with Crippen molar-refractivity contribution in [2.45, 2.75) is 44.7 Å². The molecule has 0 radical (unpaired) electrons. The maximum absolute atomic E-state index is 12.7. The molecule has 1 aromatic heterocycles. The van der Waals surface area contributed by atoms with E-state index in [1.807, 2.05) is 0 Å². The largest absolute Gasteiger partial charge is 0.326 e. The highest BCUT2D eigenvalue weighted by atomic mass is 32.2. The summed E-state index contributed by atoms with van der Waals surface area (Å²) in [5.74, 6) is 1.20.